The number of piperidine rings is 1. The average molecular weight is 457 g/mol. The number of hydroxylamine groups is 1. The van der Waals surface area contributed by atoms with E-state index in [-0.39, 0.29) is 5.56 Å². The molecule has 1 aliphatic heterocycles. The van der Waals surface area contributed by atoms with Gasteiger partial charge in [-0.25, -0.2) is 15.4 Å². The van der Waals surface area contributed by atoms with Crippen LogP contribution in [0.4, 0.5) is 11.6 Å². The number of anilines is 2. The smallest absolute Gasteiger partial charge is 0.277 e. The van der Waals surface area contributed by atoms with Crippen molar-refractivity contribution < 1.29 is 19.5 Å². The predicted molar refractivity (Wildman–Crippen MR) is 126 cm³/mol. The molecule has 1 fully saturated rings. The van der Waals surface area contributed by atoms with Crippen LogP contribution in [0.1, 0.15) is 28.8 Å². The second-order valence-corrected chi connectivity index (χ2v) is 7.90. The van der Waals surface area contributed by atoms with Gasteiger partial charge in [0.25, 0.3) is 5.91 Å². The highest BCUT2D eigenvalue weighted by atomic mass is 16.5. The Bertz CT molecular complexity index is 945. The lowest BCUT2D eigenvalue weighted by Gasteiger charge is -2.32. The molecule has 1 aromatic carbocycles. The lowest BCUT2D eigenvalue weighted by atomic mass is 9.97. The number of amides is 1. The monoisotopic (exact) mass is 456 g/mol. The number of carbonyl (C=O) groups is 1. The molecule has 0 bridgehead atoms. The summed E-state index contributed by atoms with van der Waals surface area (Å²) < 4.78 is 10.9. The maximum atomic E-state index is 11.4. The van der Waals surface area contributed by atoms with E-state index in [1.54, 1.807) is 25.9 Å². The van der Waals surface area contributed by atoms with Gasteiger partial charge in [-0.05, 0) is 43.1 Å². The van der Waals surface area contributed by atoms with Crippen molar-refractivity contribution in [3.63, 3.8) is 0 Å². The molecule has 3 N–H and O–H groups in total. The summed E-state index contributed by atoms with van der Waals surface area (Å²) in [5.74, 6) is 1.90. The van der Waals surface area contributed by atoms with E-state index in [2.05, 4.69) is 26.8 Å². The minimum atomic E-state index is -0.622. The molecule has 178 valence electrons. The van der Waals surface area contributed by atoms with Crippen molar-refractivity contribution >= 4 is 17.5 Å². The summed E-state index contributed by atoms with van der Waals surface area (Å²) in [4.78, 5) is 24.0. The molecule has 0 atom stereocenters. The molecule has 1 amide bonds. The molecule has 0 unspecified atom stereocenters. The first kappa shape index (κ1) is 24.3. The van der Waals surface area contributed by atoms with Gasteiger partial charge in [0.05, 0.1) is 19.8 Å². The third kappa shape index (κ3) is 5.91. The number of nitrogens with zero attached hydrogens (tertiary/aromatic N) is 4. The van der Waals surface area contributed by atoms with Crippen molar-refractivity contribution in [2.75, 3.05) is 50.7 Å². The minimum Gasteiger partial charge on any atom is -0.493 e. The van der Waals surface area contributed by atoms with Gasteiger partial charge in [-0.1, -0.05) is 6.58 Å². The van der Waals surface area contributed by atoms with E-state index < -0.39 is 5.91 Å². The van der Waals surface area contributed by atoms with Crippen molar-refractivity contribution in [3.05, 3.63) is 48.4 Å². The average Bonchev–Trinajstić information content (AvgIpc) is 2.87. The lowest BCUT2D eigenvalue weighted by Crippen LogP contribution is -2.38. The van der Waals surface area contributed by atoms with Gasteiger partial charge in [0, 0.05) is 50.8 Å². The van der Waals surface area contributed by atoms with E-state index in [1.165, 1.54) is 12.4 Å². The van der Waals surface area contributed by atoms with Gasteiger partial charge in [-0.3, -0.25) is 10.0 Å². The highest BCUT2D eigenvalue weighted by Crippen LogP contribution is 2.35. The molecule has 0 aliphatic carbocycles. The zero-order valence-corrected chi connectivity index (χ0v) is 19.4. The minimum absolute atomic E-state index is 0.219. The number of nitrogens with one attached hydrogen (secondary N) is 2. The number of hydrogen-bond acceptors (Lipinski definition) is 9. The number of hydrogen-bond donors (Lipinski definition) is 3. The molecule has 0 radical (unpaired) electrons. The Morgan fingerprint density at radius 3 is 2.45 bits per heavy atom. The maximum Gasteiger partial charge on any atom is 0.277 e. The fourth-order valence-corrected chi connectivity index (χ4v) is 3.89. The number of aromatic nitrogens is 2. The quantitative estimate of drug-likeness (QED) is 0.366. The van der Waals surface area contributed by atoms with Crippen LogP contribution in [0.5, 0.6) is 11.5 Å². The molecule has 1 aromatic heterocycles. The Labute approximate surface area is 194 Å². The van der Waals surface area contributed by atoms with Gasteiger partial charge in [0.15, 0.2) is 11.5 Å². The number of rotatable bonds is 10. The van der Waals surface area contributed by atoms with E-state index in [4.69, 9.17) is 14.7 Å². The van der Waals surface area contributed by atoms with Crippen LogP contribution in [0.3, 0.4) is 0 Å². The van der Waals surface area contributed by atoms with Crippen molar-refractivity contribution in [1.29, 1.82) is 0 Å². The highest BCUT2D eigenvalue weighted by Gasteiger charge is 2.21. The van der Waals surface area contributed by atoms with Crippen molar-refractivity contribution in [2.45, 2.75) is 19.4 Å². The summed E-state index contributed by atoms with van der Waals surface area (Å²) in [6.07, 6.45) is 6.64. The van der Waals surface area contributed by atoms with Gasteiger partial charge in [-0.2, -0.15) is 0 Å². The number of ether oxygens (including phenoxy) is 2. The van der Waals surface area contributed by atoms with Gasteiger partial charge < -0.3 is 24.6 Å². The molecule has 1 saturated heterocycles. The Kier molecular flexibility index (Phi) is 8.45. The Morgan fingerprint density at radius 1 is 1.24 bits per heavy atom. The first-order chi connectivity index (χ1) is 16.0. The summed E-state index contributed by atoms with van der Waals surface area (Å²) in [7, 11) is 5.22. The molecule has 0 saturated carbocycles. The SMILES string of the molecule is C=CN(C)c1cc(OC)c(OC)cc1CNCC1CCN(c2ncc(C(=O)NO)cn2)CC1. The van der Waals surface area contributed by atoms with Gasteiger partial charge >= 0.3 is 0 Å². The fourth-order valence-electron chi connectivity index (χ4n) is 3.89. The van der Waals surface area contributed by atoms with Crippen LogP contribution in [-0.4, -0.2) is 62.0 Å². The third-order valence-electron chi connectivity index (χ3n) is 5.89. The number of benzene rings is 1. The Hall–Kier alpha value is -3.37. The van der Waals surface area contributed by atoms with Gasteiger partial charge in [-0.15, -0.1) is 0 Å². The predicted octanol–water partition coefficient (Wildman–Crippen LogP) is 2.20. The zero-order valence-electron chi connectivity index (χ0n) is 19.4. The summed E-state index contributed by atoms with van der Waals surface area (Å²) in [6.45, 7) is 7.16. The van der Waals surface area contributed by atoms with E-state index in [1.807, 2.05) is 24.1 Å². The Morgan fingerprint density at radius 2 is 1.88 bits per heavy atom. The van der Waals surface area contributed by atoms with Crippen LogP contribution in [0, 0.1) is 5.92 Å². The lowest BCUT2D eigenvalue weighted by molar-refractivity contribution is 0.0705. The van der Waals surface area contributed by atoms with Crippen molar-refractivity contribution in [2.24, 2.45) is 5.92 Å². The first-order valence-corrected chi connectivity index (χ1v) is 10.8. The first-order valence-electron chi connectivity index (χ1n) is 10.8. The Balaban J connectivity index is 1.54. The van der Waals surface area contributed by atoms with E-state index in [0.717, 1.165) is 43.7 Å². The van der Waals surface area contributed by atoms with Crippen LogP contribution in [-0.2, 0) is 6.54 Å². The molecule has 33 heavy (non-hydrogen) atoms. The summed E-state index contributed by atoms with van der Waals surface area (Å²) in [5.41, 5.74) is 3.92. The molecular weight excluding hydrogens is 424 g/mol. The summed E-state index contributed by atoms with van der Waals surface area (Å²) in [6, 6.07) is 3.97. The van der Waals surface area contributed by atoms with Gasteiger partial charge in [0.2, 0.25) is 5.95 Å². The topological polar surface area (TPSA) is 112 Å². The second kappa shape index (κ2) is 11.5. The standard InChI is InChI=1S/C23H32N6O4/c1-5-28(2)19-11-21(33-4)20(32-3)10-17(19)13-24-12-16-6-8-29(9-7-16)23-25-14-18(15-26-23)22(30)27-31/h5,10-11,14-16,24,31H,1,6-9,12-13H2,2-4H3,(H,27,30). The van der Waals surface area contributed by atoms with Crippen LogP contribution >= 0.6 is 0 Å². The van der Waals surface area contributed by atoms with Crippen LogP contribution in [0.25, 0.3) is 0 Å². The molecular formula is C23H32N6O4. The van der Waals surface area contributed by atoms with E-state index >= 15 is 0 Å². The normalized spacial score (nSPS) is 14.0. The molecule has 2 heterocycles. The largest absolute Gasteiger partial charge is 0.493 e. The van der Waals surface area contributed by atoms with E-state index in [9.17, 15) is 4.79 Å². The van der Waals surface area contributed by atoms with Crippen LogP contribution in [0.2, 0.25) is 0 Å². The summed E-state index contributed by atoms with van der Waals surface area (Å²) in [5, 5.41) is 12.3. The third-order valence-corrected chi connectivity index (χ3v) is 5.89. The zero-order chi connectivity index (χ0) is 23.8. The second-order valence-electron chi connectivity index (χ2n) is 7.90. The molecule has 10 nitrogen and oxygen atoms in total. The number of methoxy groups -OCH3 is 2. The maximum absolute atomic E-state index is 11.4. The highest BCUT2D eigenvalue weighted by molar-refractivity contribution is 5.92. The molecule has 0 spiro atoms. The van der Waals surface area contributed by atoms with Crippen LogP contribution < -0.4 is 30.1 Å². The molecule has 10 heteroatoms. The molecule has 3 rings (SSSR count). The van der Waals surface area contributed by atoms with Crippen molar-refractivity contribution in [3.8, 4) is 11.5 Å². The molecule has 2 aromatic rings. The number of carbonyl (C=O) groups excluding carboxylic acids is 1. The fraction of sp³-hybridized carbons (Fsp3) is 0.435. The van der Waals surface area contributed by atoms with Crippen molar-refractivity contribution in [1.82, 2.24) is 20.8 Å². The summed E-state index contributed by atoms with van der Waals surface area (Å²) >= 11 is 0. The van der Waals surface area contributed by atoms with E-state index in [0.29, 0.717) is 29.9 Å². The van der Waals surface area contributed by atoms with Crippen LogP contribution in [0.15, 0.2) is 37.3 Å². The van der Waals surface area contributed by atoms with Gasteiger partial charge in [0.1, 0.15) is 0 Å². The molecule has 1 aliphatic rings.